The normalized spacial score (nSPS) is 33.6. The fourth-order valence-corrected chi connectivity index (χ4v) is 6.50. The topological polar surface area (TPSA) is 106 Å². The van der Waals surface area contributed by atoms with Crippen LogP contribution in [0.5, 0.6) is 5.75 Å². The van der Waals surface area contributed by atoms with Crippen molar-refractivity contribution in [3.63, 3.8) is 0 Å². The Labute approximate surface area is 216 Å². The van der Waals surface area contributed by atoms with Gasteiger partial charge in [0.25, 0.3) is 5.91 Å². The van der Waals surface area contributed by atoms with E-state index in [0.29, 0.717) is 17.9 Å². The monoisotopic (exact) mass is 510 g/mol. The van der Waals surface area contributed by atoms with E-state index in [1.165, 1.54) is 4.90 Å². The minimum absolute atomic E-state index is 0.0992. The van der Waals surface area contributed by atoms with Crippen LogP contribution in [0.2, 0.25) is 0 Å². The van der Waals surface area contributed by atoms with Gasteiger partial charge in [0, 0.05) is 12.2 Å². The van der Waals surface area contributed by atoms with E-state index < -0.39 is 41.1 Å². The summed E-state index contributed by atoms with van der Waals surface area (Å²) in [5.41, 5.74) is -1.87. The highest BCUT2D eigenvalue weighted by molar-refractivity contribution is 6.05. The van der Waals surface area contributed by atoms with E-state index >= 15 is 0 Å². The second-order valence-electron chi connectivity index (χ2n) is 10.8. The molecule has 4 heterocycles. The summed E-state index contributed by atoms with van der Waals surface area (Å²) in [5, 5.41) is 10.4. The number of amides is 2. The van der Waals surface area contributed by atoms with E-state index in [2.05, 4.69) is 0 Å². The summed E-state index contributed by atoms with van der Waals surface area (Å²) in [7, 11) is 1.57. The molecular formula is C28H34N2O7. The number of fused-ring (bicyclic) bond motifs is 2. The molecule has 4 aliphatic heterocycles. The number of cyclic esters (lactones) is 1. The van der Waals surface area contributed by atoms with Crippen LogP contribution in [0.1, 0.15) is 27.2 Å². The van der Waals surface area contributed by atoms with Crippen molar-refractivity contribution in [2.45, 2.75) is 50.5 Å². The average molecular weight is 511 g/mol. The van der Waals surface area contributed by atoms with Crippen molar-refractivity contribution in [3.8, 4) is 5.75 Å². The lowest BCUT2D eigenvalue weighted by atomic mass is 9.75. The molecule has 1 aromatic rings. The maximum absolute atomic E-state index is 14.4. The number of hydrogen-bond donors (Lipinski definition) is 1. The number of methoxy groups -OCH3 is 1. The quantitative estimate of drug-likeness (QED) is 0.462. The predicted molar refractivity (Wildman–Crippen MR) is 135 cm³/mol. The van der Waals surface area contributed by atoms with Gasteiger partial charge in [-0.1, -0.05) is 32.1 Å². The highest BCUT2D eigenvalue weighted by Gasteiger charge is 2.75. The maximum atomic E-state index is 14.4. The lowest BCUT2D eigenvalue weighted by molar-refractivity contribution is -0.158. The lowest BCUT2D eigenvalue weighted by Crippen LogP contribution is -2.59. The summed E-state index contributed by atoms with van der Waals surface area (Å²) in [6.07, 6.45) is 7.59. The van der Waals surface area contributed by atoms with Crippen LogP contribution in [-0.2, 0) is 23.9 Å². The first-order chi connectivity index (χ1) is 17.7. The molecule has 0 bridgehead atoms. The van der Waals surface area contributed by atoms with Gasteiger partial charge in [-0.05, 0) is 49.6 Å². The summed E-state index contributed by atoms with van der Waals surface area (Å²) in [6, 6.07) is 5.45. The third-order valence-electron chi connectivity index (χ3n) is 7.98. The van der Waals surface area contributed by atoms with Gasteiger partial charge < -0.3 is 29.1 Å². The molecule has 4 aliphatic rings. The second-order valence-corrected chi connectivity index (χ2v) is 10.8. The zero-order chi connectivity index (χ0) is 26.5. The fourth-order valence-electron chi connectivity index (χ4n) is 6.50. The Morgan fingerprint density at radius 1 is 1.08 bits per heavy atom. The lowest BCUT2D eigenvalue weighted by Gasteiger charge is -2.40. The van der Waals surface area contributed by atoms with Crippen molar-refractivity contribution in [2.24, 2.45) is 17.8 Å². The summed E-state index contributed by atoms with van der Waals surface area (Å²) >= 11 is 0. The molecule has 1 N–H and O–H groups in total. The molecule has 0 aliphatic carbocycles. The number of ether oxygens (including phenoxy) is 3. The number of hydrogen-bond acceptors (Lipinski definition) is 7. The molecule has 1 spiro atoms. The molecule has 6 atom stereocenters. The number of nitrogens with zero attached hydrogens (tertiary/aromatic N) is 2. The van der Waals surface area contributed by atoms with E-state index in [4.69, 9.17) is 14.2 Å². The number of anilines is 1. The minimum Gasteiger partial charge on any atom is -0.497 e. The third kappa shape index (κ3) is 3.87. The van der Waals surface area contributed by atoms with Crippen LogP contribution in [0, 0.1) is 17.8 Å². The molecular weight excluding hydrogens is 476 g/mol. The molecule has 37 heavy (non-hydrogen) atoms. The van der Waals surface area contributed by atoms with Gasteiger partial charge in [-0.2, -0.15) is 0 Å². The number of esters is 1. The number of benzene rings is 1. The molecule has 1 aromatic carbocycles. The van der Waals surface area contributed by atoms with E-state index in [9.17, 15) is 19.5 Å². The SMILES string of the molecule is COc1ccc(N2CC=C[C@]34O[C@]5(C)C=CCOC(=O)[C@@H]5[C@H]3C(=O)N([C@@H](CO)CC(C)C)C4C2=O)cc1. The van der Waals surface area contributed by atoms with Crippen molar-refractivity contribution >= 4 is 23.5 Å². The van der Waals surface area contributed by atoms with Gasteiger partial charge >= 0.3 is 5.97 Å². The molecule has 5 rings (SSSR count). The third-order valence-corrected chi connectivity index (χ3v) is 7.98. The Kier molecular flexibility index (Phi) is 6.40. The van der Waals surface area contributed by atoms with Gasteiger partial charge in [0.1, 0.15) is 29.9 Å². The molecule has 0 radical (unpaired) electrons. The summed E-state index contributed by atoms with van der Waals surface area (Å²) in [5.74, 6) is -2.29. The smallest absolute Gasteiger partial charge is 0.313 e. The predicted octanol–water partition coefficient (Wildman–Crippen LogP) is 2.09. The standard InChI is InChI=1S/C28H34N2O7/c1-17(2)15-19(16-31)30-23-25(33)29(18-7-9-20(35-4)10-8-18)13-5-12-28(23)21(24(30)32)22-26(34)36-14-6-11-27(22,3)37-28/h5-12,17,19,21-23,31H,13-16H2,1-4H3/t19-,21+,22+,23?,27-,28+/m1/s1. The van der Waals surface area contributed by atoms with Crippen LogP contribution >= 0.6 is 0 Å². The molecule has 198 valence electrons. The van der Waals surface area contributed by atoms with Gasteiger partial charge in [0.15, 0.2) is 0 Å². The van der Waals surface area contributed by atoms with Crippen molar-refractivity contribution in [3.05, 3.63) is 48.6 Å². The first-order valence-electron chi connectivity index (χ1n) is 12.8. The second kappa shape index (κ2) is 9.29. The van der Waals surface area contributed by atoms with Crippen LogP contribution in [0.4, 0.5) is 5.69 Å². The van der Waals surface area contributed by atoms with E-state index in [-0.39, 0.29) is 37.5 Å². The van der Waals surface area contributed by atoms with Crippen LogP contribution in [0.3, 0.4) is 0 Å². The Balaban J connectivity index is 1.65. The van der Waals surface area contributed by atoms with E-state index in [0.717, 1.165) is 0 Å². The van der Waals surface area contributed by atoms with Gasteiger partial charge in [0.2, 0.25) is 5.91 Å². The molecule has 9 nitrogen and oxygen atoms in total. The molecule has 0 saturated carbocycles. The number of aliphatic hydroxyl groups is 1. The van der Waals surface area contributed by atoms with Crippen LogP contribution < -0.4 is 9.64 Å². The summed E-state index contributed by atoms with van der Waals surface area (Å²) < 4.78 is 17.4. The van der Waals surface area contributed by atoms with Crippen LogP contribution in [-0.4, -0.2) is 77.9 Å². The highest BCUT2D eigenvalue weighted by atomic mass is 16.6. The Morgan fingerprint density at radius 3 is 2.46 bits per heavy atom. The number of carbonyl (C=O) groups is 3. The van der Waals surface area contributed by atoms with Gasteiger partial charge in [-0.3, -0.25) is 14.4 Å². The van der Waals surface area contributed by atoms with Crippen LogP contribution in [0.15, 0.2) is 48.6 Å². The van der Waals surface area contributed by atoms with Crippen molar-refractivity contribution in [2.75, 3.05) is 31.8 Å². The first-order valence-corrected chi connectivity index (χ1v) is 12.8. The van der Waals surface area contributed by atoms with Crippen molar-refractivity contribution in [1.82, 2.24) is 4.90 Å². The number of aliphatic hydroxyl groups excluding tert-OH is 1. The van der Waals surface area contributed by atoms with Gasteiger partial charge in [-0.15, -0.1) is 0 Å². The van der Waals surface area contributed by atoms with Crippen LogP contribution in [0.25, 0.3) is 0 Å². The van der Waals surface area contributed by atoms with Gasteiger partial charge in [-0.25, -0.2) is 0 Å². The Morgan fingerprint density at radius 2 is 1.81 bits per heavy atom. The molecule has 2 fully saturated rings. The number of rotatable bonds is 6. The largest absolute Gasteiger partial charge is 0.497 e. The molecule has 9 heteroatoms. The fraction of sp³-hybridized carbons (Fsp3) is 0.536. The van der Waals surface area contributed by atoms with Gasteiger partial charge in [0.05, 0.1) is 31.3 Å². The Hall–Kier alpha value is -3.17. The maximum Gasteiger partial charge on any atom is 0.313 e. The van der Waals surface area contributed by atoms with Crippen molar-refractivity contribution < 1.29 is 33.7 Å². The number of carbonyl (C=O) groups excluding carboxylic acids is 3. The van der Waals surface area contributed by atoms with Crippen molar-refractivity contribution in [1.29, 1.82) is 0 Å². The van der Waals surface area contributed by atoms with E-state index in [1.54, 1.807) is 61.4 Å². The summed E-state index contributed by atoms with van der Waals surface area (Å²) in [4.78, 5) is 45.0. The molecule has 0 aromatic heterocycles. The molecule has 1 unspecified atom stereocenters. The minimum atomic E-state index is -1.39. The molecule has 2 saturated heterocycles. The first kappa shape index (κ1) is 25.5. The molecule has 2 amide bonds. The summed E-state index contributed by atoms with van der Waals surface area (Å²) in [6.45, 7) is 5.82. The zero-order valence-corrected chi connectivity index (χ0v) is 21.6. The number of likely N-dealkylation sites (tertiary alicyclic amines) is 1. The van der Waals surface area contributed by atoms with E-state index in [1.807, 2.05) is 19.9 Å². The zero-order valence-electron chi connectivity index (χ0n) is 21.6. The Bertz CT molecular complexity index is 1150. The highest BCUT2D eigenvalue weighted by Crippen LogP contribution is 2.58. The average Bonchev–Trinajstić information content (AvgIpc) is 3.13.